The van der Waals surface area contributed by atoms with Crippen molar-refractivity contribution in [1.82, 2.24) is 19.9 Å². The lowest BCUT2D eigenvalue weighted by Crippen LogP contribution is -2.14. The molecule has 7 aromatic carbocycles. The fraction of sp³-hybridized carbons (Fsp3) is 0.0638. The molecule has 246 valence electrons. The van der Waals surface area contributed by atoms with Gasteiger partial charge >= 0.3 is 0 Å². The van der Waals surface area contributed by atoms with Crippen LogP contribution in [0.4, 0.5) is 0 Å². The second-order valence-corrected chi connectivity index (χ2v) is 13.9. The molecule has 1 aliphatic carbocycles. The standard InChI is InChI=1S/C47H32N4O/c1-47(2)38-19-10-9-17-35(38)37-28-34(24-26-39(37)47)44-49-43(32-22-20-30(21-23-32)29-12-5-3-6-13-29)50-45(51-44)36-18-11-16-31-25-27-40-42(41(31)36)52-46(48-40)33-14-7-4-8-15-33/h3-28H,1-2H3. The van der Waals surface area contributed by atoms with Crippen molar-refractivity contribution in [1.29, 1.82) is 0 Å². The fourth-order valence-electron chi connectivity index (χ4n) is 7.70. The highest BCUT2D eigenvalue weighted by molar-refractivity contribution is 6.10. The van der Waals surface area contributed by atoms with E-state index in [0.717, 1.165) is 49.7 Å². The largest absolute Gasteiger partial charge is 0.435 e. The van der Waals surface area contributed by atoms with E-state index in [0.29, 0.717) is 28.9 Å². The van der Waals surface area contributed by atoms with Gasteiger partial charge in [-0.05, 0) is 63.0 Å². The van der Waals surface area contributed by atoms with Crippen LogP contribution in [-0.2, 0) is 5.41 Å². The van der Waals surface area contributed by atoms with Crippen LogP contribution in [0.3, 0.4) is 0 Å². The van der Waals surface area contributed by atoms with Gasteiger partial charge in [0.25, 0.3) is 0 Å². The van der Waals surface area contributed by atoms with Gasteiger partial charge in [-0.15, -0.1) is 0 Å². The summed E-state index contributed by atoms with van der Waals surface area (Å²) in [5.74, 6) is 2.37. The van der Waals surface area contributed by atoms with Gasteiger partial charge in [0.1, 0.15) is 5.52 Å². The van der Waals surface area contributed by atoms with E-state index in [2.05, 4.69) is 123 Å². The van der Waals surface area contributed by atoms with Gasteiger partial charge in [-0.2, -0.15) is 0 Å². The van der Waals surface area contributed by atoms with E-state index in [-0.39, 0.29) is 5.41 Å². The monoisotopic (exact) mass is 668 g/mol. The van der Waals surface area contributed by atoms with Crippen molar-refractivity contribution in [2.24, 2.45) is 0 Å². The molecule has 0 aliphatic heterocycles. The van der Waals surface area contributed by atoms with Crippen LogP contribution in [0.2, 0.25) is 0 Å². The minimum absolute atomic E-state index is 0.0929. The first-order chi connectivity index (χ1) is 25.5. The highest BCUT2D eigenvalue weighted by Gasteiger charge is 2.35. The molecular formula is C47H32N4O. The van der Waals surface area contributed by atoms with Crippen molar-refractivity contribution in [2.45, 2.75) is 19.3 Å². The van der Waals surface area contributed by atoms with E-state index in [1.807, 2.05) is 48.5 Å². The molecule has 0 spiro atoms. The Morgan fingerprint density at radius 1 is 0.423 bits per heavy atom. The summed E-state index contributed by atoms with van der Waals surface area (Å²) in [6, 6.07) is 54.5. The first kappa shape index (κ1) is 30.1. The predicted octanol–water partition coefficient (Wildman–Crippen LogP) is 11.8. The van der Waals surface area contributed by atoms with Crippen LogP contribution in [-0.4, -0.2) is 19.9 Å². The zero-order chi connectivity index (χ0) is 34.8. The predicted molar refractivity (Wildman–Crippen MR) is 210 cm³/mol. The minimum Gasteiger partial charge on any atom is -0.435 e. The molecule has 0 N–H and O–H groups in total. The number of hydrogen-bond acceptors (Lipinski definition) is 5. The second kappa shape index (κ2) is 11.7. The fourth-order valence-corrected chi connectivity index (χ4v) is 7.70. The molecule has 52 heavy (non-hydrogen) atoms. The lowest BCUT2D eigenvalue weighted by molar-refractivity contribution is 0.623. The lowest BCUT2D eigenvalue weighted by Gasteiger charge is -2.21. The molecule has 0 radical (unpaired) electrons. The summed E-state index contributed by atoms with van der Waals surface area (Å²) in [7, 11) is 0. The number of fused-ring (bicyclic) bond motifs is 6. The van der Waals surface area contributed by atoms with Gasteiger partial charge in [0, 0.05) is 33.1 Å². The second-order valence-electron chi connectivity index (χ2n) is 13.9. The number of hydrogen-bond donors (Lipinski definition) is 0. The summed E-state index contributed by atoms with van der Waals surface area (Å²) in [4.78, 5) is 20.4. The molecule has 0 unspecified atom stereocenters. The van der Waals surface area contributed by atoms with Gasteiger partial charge in [0.05, 0.1) is 0 Å². The van der Waals surface area contributed by atoms with Crippen molar-refractivity contribution in [3.8, 4) is 67.9 Å². The third-order valence-corrected chi connectivity index (χ3v) is 10.4. The third kappa shape index (κ3) is 4.85. The Kier molecular flexibility index (Phi) is 6.77. The Morgan fingerprint density at radius 2 is 1.02 bits per heavy atom. The first-order valence-corrected chi connectivity index (χ1v) is 17.6. The van der Waals surface area contributed by atoms with E-state index in [1.54, 1.807) is 0 Å². The molecular weight excluding hydrogens is 637 g/mol. The van der Waals surface area contributed by atoms with Gasteiger partial charge in [0.15, 0.2) is 23.1 Å². The minimum atomic E-state index is -0.0929. The average Bonchev–Trinajstić information content (AvgIpc) is 3.75. The number of benzene rings is 7. The topological polar surface area (TPSA) is 64.7 Å². The van der Waals surface area contributed by atoms with Crippen molar-refractivity contribution >= 4 is 21.9 Å². The summed E-state index contributed by atoms with van der Waals surface area (Å²) in [5.41, 5.74) is 12.4. The van der Waals surface area contributed by atoms with Crippen molar-refractivity contribution < 1.29 is 4.42 Å². The number of aromatic nitrogens is 4. The molecule has 5 nitrogen and oxygen atoms in total. The summed E-state index contributed by atoms with van der Waals surface area (Å²) in [6.45, 7) is 4.59. The van der Waals surface area contributed by atoms with E-state index >= 15 is 0 Å². The van der Waals surface area contributed by atoms with E-state index in [9.17, 15) is 0 Å². The van der Waals surface area contributed by atoms with Crippen LogP contribution in [0.1, 0.15) is 25.0 Å². The zero-order valence-electron chi connectivity index (χ0n) is 28.7. The third-order valence-electron chi connectivity index (χ3n) is 10.4. The molecule has 0 saturated heterocycles. The molecule has 0 atom stereocenters. The van der Waals surface area contributed by atoms with Crippen molar-refractivity contribution in [3.05, 3.63) is 169 Å². The summed E-state index contributed by atoms with van der Waals surface area (Å²) < 4.78 is 6.54. The maximum Gasteiger partial charge on any atom is 0.227 e. The highest BCUT2D eigenvalue weighted by Crippen LogP contribution is 2.49. The van der Waals surface area contributed by atoms with Crippen LogP contribution in [0.5, 0.6) is 0 Å². The summed E-state index contributed by atoms with van der Waals surface area (Å²) in [6.07, 6.45) is 0. The SMILES string of the molecule is CC1(C)c2ccccc2-c2cc(-c3nc(-c4ccc(-c5ccccc5)cc4)nc(-c4cccc5ccc6nc(-c7ccccc7)oc6c45)n3)ccc21. The van der Waals surface area contributed by atoms with Crippen molar-refractivity contribution in [2.75, 3.05) is 0 Å². The Bertz CT molecular complexity index is 2800. The molecule has 1 aliphatic rings. The number of nitrogens with zero attached hydrogens (tertiary/aromatic N) is 4. The summed E-state index contributed by atoms with van der Waals surface area (Å²) in [5, 5.41) is 1.94. The van der Waals surface area contributed by atoms with Gasteiger partial charge in [-0.25, -0.2) is 19.9 Å². The van der Waals surface area contributed by atoms with Crippen LogP contribution in [0.25, 0.3) is 89.7 Å². The molecule has 0 fully saturated rings. The van der Waals surface area contributed by atoms with E-state index in [1.165, 1.54) is 22.3 Å². The normalized spacial score (nSPS) is 13.0. The smallest absolute Gasteiger partial charge is 0.227 e. The van der Waals surface area contributed by atoms with E-state index in [4.69, 9.17) is 24.4 Å². The maximum atomic E-state index is 6.54. The molecule has 5 heteroatoms. The Balaban J connectivity index is 1.18. The number of oxazole rings is 1. The number of rotatable bonds is 5. The molecule has 0 saturated carbocycles. The molecule has 0 amide bonds. The van der Waals surface area contributed by atoms with Crippen LogP contribution >= 0.6 is 0 Å². The lowest BCUT2D eigenvalue weighted by atomic mass is 9.82. The Morgan fingerprint density at radius 3 is 1.81 bits per heavy atom. The molecule has 10 rings (SSSR count). The molecule has 2 heterocycles. The molecule has 2 aromatic heterocycles. The van der Waals surface area contributed by atoms with Crippen LogP contribution in [0, 0.1) is 0 Å². The van der Waals surface area contributed by atoms with Gasteiger partial charge in [-0.3, -0.25) is 0 Å². The Hall–Kier alpha value is -6.72. The van der Waals surface area contributed by atoms with Crippen LogP contribution in [0.15, 0.2) is 162 Å². The molecule has 9 aromatic rings. The quantitative estimate of drug-likeness (QED) is 0.183. The van der Waals surface area contributed by atoms with Gasteiger partial charge < -0.3 is 4.42 Å². The van der Waals surface area contributed by atoms with Gasteiger partial charge in [0.2, 0.25) is 5.89 Å². The molecule has 0 bridgehead atoms. The Labute approximate surface area is 301 Å². The van der Waals surface area contributed by atoms with Gasteiger partial charge in [-0.1, -0.05) is 147 Å². The average molecular weight is 669 g/mol. The highest BCUT2D eigenvalue weighted by atomic mass is 16.3. The van der Waals surface area contributed by atoms with Crippen LogP contribution < -0.4 is 0 Å². The summed E-state index contributed by atoms with van der Waals surface area (Å²) >= 11 is 0. The van der Waals surface area contributed by atoms with E-state index < -0.39 is 0 Å². The first-order valence-electron chi connectivity index (χ1n) is 17.6. The maximum absolute atomic E-state index is 6.54. The van der Waals surface area contributed by atoms with Crippen molar-refractivity contribution in [3.63, 3.8) is 0 Å². The zero-order valence-corrected chi connectivity index (χ0v) is 28.7.